The first kappa shape index (κ1) is 22.1. The fourth-order valence-electron chi connectivity index (χ4n) is 3.90. The van der Waals surface area contributed by atoms with E-state index < -0.39 is 0 Å². The molecule has 3 rings (SSSR count). The number of piperidine rings is 1. The molecule has 2 atom stereocenters. The van der Waals surface area contributed by atoms with E-state index in [9.17, 15) is 4.79 Å². The molecule has 0 aliphatic carbocycles. The molecule has 1 N–H and O–H groups in total. The standard InChI is InChI=1S/C19H29N3O.2ClH/c1-15(16-7-5-10-20-14-16)13-19(23)22-12-6-11-21(2)17-8-3-4-9-18(17)22;;/h3-4,8-9,15-16,20H,5-7,10-14H2,1-2H3;2*1H. The van der Waals surface area contributed by atoms with Gasteiger partial charge in [-0.05, 0) is 56.3 Å². The molecule has 6 heteroatoms. The molecular weight excluding hydrogens is 357 g/mol. The number of carbonyl (C=O) groups is 1. The molecular formula is C19H31Cl2N3O. The predicted molar refractivity (Wildman–Crippen MR) is 111 cm³/mol. The zero-order valence-corrected chi connectivity index (χ0v) is 16.9. The van der Waals surface area contributed by atoms with Crippen LogP contribution in [0.15, 0.2) is 24.3 Å². The molecule has 1 aromatic rings. The Kier molecular flexibility index (Phi) is 9.04. The molecule has 2 unspecified atom stereocenters. The lowest BCUT2D eigenvalue weighted by atomic mass is 9.85. The van der Waals surface area contributed by atoms with Gasteiger partial charge < -0.3 is 15.1 Å². The van der Waals surface area contributed by atoms with Crippen LogP contribution in [0.2, 0.25) is 0 Å². The van der Waals surface area contributed by atoms with Gasteiger partial charge in [0.15, 0.2) is 0 Å². The van der Waals surface area contributed by atoms with Crippen molar-refractivity contribution in [2.24, 2.45) is 11.8 Å². The van der Waals surface area contributed by atoms with Crippen molar-refractivity contribution in [1.29, 1.82) is 0 Å². The minimum Gasteiger partial charge on any atom is -0.373 e. The average molecular weight is 388 g/mol. The summed E-state index contributed by atoms with van der Waals surface area (Å²) in [5.74, 6) is 1.37. The lowest BCUT2D eigenvalue weighted by Gasteiger charge is -2.30. The Morgan fingerprint density at radius 1 is 1.20 bits per heavy atom. The molecule has 2 heterocycles. The first-order valence-electron chi connectivity index (χ1n) is 8.98. The van der Waals surface area contributed by atoms with E-state index in [4.69, 9.17) is 0 Å². The lowest BCUT2D eigenvalue weighted by Crippen LogP contribution is -2.37. The van der Waals surface area contributed by atoms with Crippen LogP contribution >= 0.6 is 24.8 Å². The smallest absolute Gasteiger partial charge is 0.227 e. The molecule has 1 fully saturated rings. The summed E-state index contributed by atoms with van der Waals surface area (Å²) in [7, 11) is 2.11. The number of rotatable bonds is 3. The Morgan fingerprint density at radius 3 is 2.60 bits per heavy atom. The highest BCUT2D eigenvalue weighted by atomic mass is 35.5. The molecule has 25 heavy (non-hydrogen) atoms. The SMILES string of the molecule is CC(CC(=O)N1CCCN(C)c2ccccc21)C1CCCNC1.Cl.Cl. The molecule has 0 bridgehead atoms. The van der Waals surface area contributed by atoms with Crippen molar-refractivity contribution < 1.29 is 4.79 Å². The molecule has 0 aromatic heterocycles. The summed E-state index contributed by atoms with van der Waals surface area (Å²) in [5, 5.41) is 3.47. The number of para-hydroxylation sites is 2. The molecule has 1 aromatic carbocycles. The second kappa shape index (κ2) is 10.2. The number of nitrogens with one attached hydrogen (secondary N) is 1. The van der Waals surface area contributed by atoms with Gasteiger partial charge in [0, 0.05) is 26.6 Å². The topological polar surface area (TPSA) is 35.6 Å². The Bertz CT molecular complexity index is 549. The maximum Gasteiger partial charge on any atom is 0.227 e. The fraction of sp³-hybridized carbons (Fsp3) is 0.632. The number of carbonyl (C=O) groups excluding carboxylic acids is 1. The van der Waals surface area contributed by atoms with Crippen molar-refractivity contribution >= 4 is 42.1 Å². The average Bonchev–Trinajstić information content (AvgIpc) is 2.75. The van der Waals surface area contributed by atoms with Crippen LogP contribution in [0.1, 0.15) is 32.6 Å². The number of hydrogen-bond donors (Lipinski definition) is 1. The van der Waals surface area contributed by atoms with Crippen LogP contribution in [0, 0.1) is 11.8 Å². The van der Waals surface area contributed by atoms with Gasteiger partial charge in [-0.1, -0.05) is 19.1 Å². The molecule has 1 amide bonds. The molecule has 0 spiro atoms. The van der Waals surface area contributed by atoms with Crippen molar-refractivity contribution in [2.75, 3.05) is 43.0 Å². The zero-order valence-electron chi connectivity index (χ0n) is 15.2. The van der Waals surface area contributed by atoms with E-state index in [0.29, 0.717) is 18.3 Å². The van der Waals surface area contributed by atoms with Crippen LogP contribution in [0.4, 0.5) is 11.4 Å². The first-order chi connectivity index (χ1) is 11.2. The highest BCUT2D eigenvalue weighted by Gasteiger charge is 2.27. The Hall–Kier alpha value is -0.970. The maximum atomic E-state index is 13.0. The van der Waals surface area contributed by atoms with Crippen LogP contribution in [-0.2, 0) is 4.79 Å². The highest BCUT2D eigenvalue weighted by Crippen LogP contribution is 2.32. The van der Waals surface area contributed by atoms with Crippen molar-refractivity contribution in [3.63, 3.8) is 0 Å². The van der Waals surface area contributed by atoms with E-state index >= 15 is 0 Å². The Morgan fingerprint density at radius 2 is 1.92 bits per heavy atom. The van der Waals surface area contributed by atoms with Crippen LogP contribution in [-0.4, -0.2) is 39.1 Å². The summed E-state index contributed by atoms with van der Waals surface area (Å²) >= 11 is 0. The minimum absolute atomic E-state index is 0. The van der Waals surface area contributed by atoms with Gasteiger partial charge in [-0.15, -0.1) is 24.8 Å². The normalized spacial score (nSPS) is 21.3. The van der Waals surface area contributed by atoms with Gasteiger partial charge in [-0.25, -0.2) is 0 Å². The van der Waals surface area contributed by atoms with Gasteiger partial charge in [0.05, 0.1) is 11.4 Å². The van der Waals surface area contributed by atoms with Crippen LogP contribution in [0.25, 0.3) is 0 Å². The van der Waals surface area contributed by atoms with E-state index in [-0.39, 0.29) is 30.7 Å². The monoisotopic (exact) mass is 387 g/mol. The Labute approximate surface area is 164 Å². The van der Waals surface area contributed by atoms with Crippen molar-refractivity contribution in [3.8, 4) is 0 Å². The van der Waals surface area contributed by atoms with Gasteiger partial charge in [-0.2, -0.15) is 0 Å². The maximum absolute atomic E-state index is 13.0. The number of hydrogen-bond acceptors (Lipinski definition) is 3. The summed E-state index contributed by atoms with van der Waals surface area (Å²) in [5.41, 5.74) is 2.25. The first-order valence-corrected chi connectivity index (χ1v) is 8.98. The van der Waals surface area contributed by atoms with E-state index in [0.717, 1.165) is 38.3 Å². The van der Waals surface area contributed by atoms with Gasteiger partial charge >= 0.3 is 0 Å². The summed E-state index contributed by atoms with van der Waals surface area (Å²) in [4.78, 5) is 17.2. The zero-order chi connectivity index (χ0) is 16.2. The van der Waals surface area contributed by atoms with Crippen LogP contribution in [0.5, 0.6) is 0 Å². The number of nitrogens with zero attached hydrogens (tertiary/aromatic N) is 2. The fourth-order valence-corrected chi connectivity index (χ4v) is 3.90. The van der Waals surface area contributed by atoms with Crippen molar-refractivity contribution in [3.05, 3.63) is 24.3 Å². The third-order valence-corrected chi connectivity index (χ3v) is 5.40. The molecule has 0 saturated carbocycles. The third kappa shape index (κ3) is 5.25. The second-order valence-electron chi connectivity index (χ2n) is 7.10. The van der Waals surface area contributed by atoms with Gasteiger partial charge in [0.25, 0.3) is 0 Å². The van der Waals surface area contributed by atoms with Crippen LogP contribution < -0.4 is 15.1 Å². The molecule has 0 radical (unpaired) electrons. The predicted octanol–water partition coefficient (Wildman–Crippen LogP) is 3.73. The number of benzene rings is 1. The molecule has 2 aliphatic rings. The Balaban J connectivity index is 0.00000156. The van der Waals surface area contributed by atoms with Gasteiger partial charge in [0.2, 0.25) is 5.91 Å². The summed E-state index contributed by atoms with van der Waals surface area (Å²) in [6.07, 6.45) is 4.17. The number of amides is 1. The number of anilines is 2. The molecule has 142 valence electrons. The summed E-state index contributed by atoms with van der Waals surface area (Å²) in [6, 6.07) is 8.30. The summed E-state index contributed by atoms with van der Waals surface area (Å²) < 4.78 is 0. The lowest BCUT2D eigenvalue weighted by molar-refractivity contribution is -0.119. The van der Waals surface area contributed by atoms with E-state index in [2.05, 4.69) is 42.4 Å². The minimum atomic E-state index is 0. The number of halogens is 2. The van der Waals surface area contributed by atoms with Crippen LogP contribution in [0.3, 0.4) is 0 Å². The van der Waals surface area contributed by atoms with Crippen molar-refractivity contribution in [1.82, 2.24) is 5.32 Å². The molecule has 4 nitrogen and oxygen atoms in total. The quantitative estimate of drug-likeness (QED) is 0.857. The van der Waals surface area contributed by atoms with E-state index in [1.165, 1.54) is 18.5 Å². The van der Waals surface area contributed by atoms with E-state index in [1.807, 2.05) is 11.0 Å². The van der Waals surface area contributed by atoms with Crippen molar-refractivity contribution in [2.45, 2.75) is 32.6 Å². The molecule has 1 saturated heterocycles. The highest BCUT2D eigenvalue weighted by molar-refractivity contribution is 5.97. The van der Waals surface area contributed by atoms with Gasteiger partial charge in [0.1, 0.15) is 0 Å². The van der Waals surface area contributed by atoms with Gasteiger partial charge in [-0.3, -0.25) is 4.79 Å². The largest absolute Gasteiger partial charge is 0.373 e. The third-order valence-electron chi connectivity index (χ3n) is 5.40. The van der Waals surface area contributed by atoms with E-state index in [1.54, 1.807) is 0 Å². The molecule has 2 aliphatic heterocycles. The number of fused-ring (bicyclic) bond motifs is 1. The summed E-state index contributed by atoms with van der Waals surface area (Å²) in [6.45, 7) is 6.26. The second-order valence-corrected chi connectivity index (χ2v) is 7.10.